The molecular formula is C31H33NO6. The van der Waals surface area contributed by atoms with Gasteiger partial charge in [-0.25, -0.2) is 0 Å². The second-order valence-electron chi connectivity index (χ2n) is 9.71. The van der Waals surface area contributed by atoms with Gasteiger partial charge in [-0.3, -0.25) is 9.59 Å². The smallest absolute Gasteiger partial charge is 0.295 e. The summed E-state index contributed by atoms with van der Waals surface area (Å²) in [5, 5.41) is 11.4. The lowest BCUT2D eigenvalue weighted by Gasteiger charge is -2.26. The molecule has 7 heteroatoms. The van der Waals surface area contributed by atoms with Crippen LogP contribution in [0, 0.1) is 0 Å². The molecule has 0 aliphatic carbocycles. The molecular weight excluding hydrogens is 482 g/mol. The average Bonchev–Trinajstić information content (AvgIpc) is 3.13. The Labute approximate surface area is 223 Å². The summed E-state index contributed by atoms with van der Waals surface area (Å²) in [5.74, 6) is 0.174. The molecule has 1 unspecified atom stereocenters. The van der Waals surface area contributed by atoms with E-state index < -0.39 is 17.7 Å². The van der Waals surface area contributed by atoms with E-state index in [4.69, 9.17) is 14.2 Å². The minimum Gasteiger partial charge on any atom is -0.507 e. The van der Waals surface area contributed by atoms with Crippen molar-refractivity contribution in [1.82, 2.24) is 4.90 Å². The standard InChI is InChI=1S/C31H33NO6/c1-19(2)37-25-10-6-8-22(16-25)28-27(29(33)23-9-7-11-26(17-23)38-20(3)4)30(34)31(35)32(28)18-21-12-14-24(36-5)15-13-21/h6-17,19-20,28,33H,18H2,1-5H3/b29-27-. The Balaban J connectivity index is 1.83. The number of hydrogen-bond donors (Lipinski definition) is 1. The number of Topliss-reactive ketones (excluding diaryl/α,β-unsaturated/α-hetero) is 1. The van der Waals surface area contributed by atoms with Crippen molar-refractivity contribution in [2.24, 2.45) is 0 Å². The molecule has 1 amide bonds. The molecule has 198 valence electrons. The van der Waals surface area contributed by atoms with E-state index in [1.165, 1.54) is 4.90 Å². The van der Waals surface area contributed by atoms with Crippen molar-refractivity contribution >= 4 is 17.4 Å². The van der Waals surface area contributed by atoms with Crippen LogP contribution in [0.3, 0.4) is 0 Å². The average molecular weight is 516 g/mol. The number of rotatable bonds is 9. The first kappa shape index (κ1) is 26.8. The quantitative estimate of drug-likeness (QED) is 0.217. The molecule has 1 aliphatic rings. The molecule has 0 spiro atoms. The van der Waals surface area contributed by atoms with E-state index in [1.54, 1.807) is 43.5 Å². The topological polar surface area (TPSA) is 85.3 Å². The number of ether oxygens (including phenoxy) is 3. The van der Waals surface area contributed by atoms with Gasteiger partial charge in [-0.15, -0.1) is 0 Å². The van der Waals surface area contributed by atoms with E-state index in [0.717, 1.165) is 5.56 Å². The lowest BCUT2D eigenvalue weighted by molar-refractivity contribution is -0.140. The Kier molecular flexibility index (Phi) is 8.05. The summed E-state index contributed by atoms with van der Waals surface area (Å²) in [4.78, 5) is 28.3. The minimum atomic E-state index is -0.817. The molecule has 1 aliphatic heterocycles. The van der Waals surface area contributed by atoms with Crippen molar-refractivity contribution in [1.29, 1.82) is 0 Å². The molecule has 3 aromatic rings. The lowest BCUT2D eigenvalue weighted by atomic mass is 9.95. The zero-order valence-corrected chi connectivity index (χ0v) is 22.3. The van der Waals surface area contributed by atoms with Crippen LogP contribution in [0.1, 0.15) is 50.4 Å². The summed E-state index contributed by atoms with van der Waals surface area (Å²) in [6.07, 6.45) is -0.120. The first-order valence-electron chi connectivity index (χ1n) is 12.6. The summed E-state index contributed by atoms with van der Waals surface area (Å²) in [5.41, 5.74) is 1.89. The molecule has 1 heterocycles. The van der Waals surface area contributed by atoms with Gasteiger partial charge in [0.1, 0.15) is 23.0 Å². The number of amides is 1. The van der Waals surface area contributed by atoms with Gasteiger partial charge in [-0.2, -0.15) is 0 Å². The monoisotopic (exact) mass is 515 g/mol. The number of nitrogens with zero attached hydrogens (tertiary/aromatic N) is 1. The van der Waals surface area contributed by atoms with E-state index in [9.17, 15) is 14.7 Å². The van der Waals surface area contributed by atoms with Crippen LogP contribution >= 0.6 is 0 Å². The maximum absolute atomic E-state index is 13.4. The second kappa shape index (κ2) is 11.4. The molecule has 3 aromatic carbocycles. The molecule has 1 fully saturated rings. The summed E-state index contributed by atoms with van der Waals surface area (Å²) >= 11 is 0. The van der Waals surface area contributed by atoms with Crippen molar-refractivity contribution in [2.75, 3.05) is 7.11 Å². The van der Waals surface area contributed by atoms with Gasteiger partial charge < -0.3 is 24.2 Å². The molecule has 1 N–H and O–H groups in total. The van der Waals surface area contributed by atoms with E-state index >= 15 is 0 Å². The van der Waals surface area contributed by atoms with Gasteiger partial charge in [0.25, 0.3) is 11.7 Å². The highest BCUT2D eigenvalue weighted by atomic mass is 16.5. The van der Waals surface area contributed by atoms with Crippen LogP contribution in [-0.2, 0) is 16.1 Å². The fourth-order valence-corrected chi connectivity index (χ4v) is 4.49. The number of aliphatic hydroxyl groups is 1. The highest BCUT2D eigenvalue weighted by molar-refractivity contribution is 6.46. The predicted molar refractivity (Wildman–Crippen MR) is 145 cm³/mol. The molecule has 38 heavy (non-hydrogen) atoms. The number of benzene rings is 3. The van der Waals surface area contributed by atoms with Crippen LogP contribution in [0.15, 0.2) is 78.4 Å². The third-order valence-electron chi connectivity index (χ3n) is 6.08. The van der Waals surface area contributed by atoms with E-state index in [2.05, 4.69) is 0 Å². The summed E-state index contributed by atoms with van der Waals surface area (Å²) < 4.78 is 16.9. The van der Waals surface area contributed by atoms with Crippen LogP contribution in [-0.4, -0.2) is 41.0 Å². The predicted octanol–water partition coefficient (Wildman–Crippen LogP) is 5.89. The summed E-state index contributed by atoms with van der Waals surface area (Å²) in [7, 11) is 1.58. The SMILES string of the molecule is COc1ccc(CN2C(=O)C(=O)/C(=C(\O)c3cccc(OC(C)C)c3)C2c2cccc(OC(C)C)c2)cc1. The van der Waals surface area contributed by atoms with Gasteiger partial charge >= 0.3 is 0 Å². The number of carbonyl (C=O) groups is 2. The van der Waals surface area contributed by atoms with Gasteiger partial charge in [-0.05, 0) is 75.2 Å². The van der Waals surface area contributed by atoms with Gasteiger partial charge in [-0.1, -0.05) is 36.4 Å². The number of carbonyl (C=O) groups excluding carboxylic acids is 2. The highest BCUT2D eigenvalue weighted by Gasteiger charge is 2.46. The summed E-state index contributed by atoms with van der Waals surface area (Å²) in [6, 6.07) is 20.6. The van der Waals surface area contributed by atoms with Crippen LogP contribution in [0.2, 0.25) is 0 Å². The molecule has 0 aromatic heterocycles. The van der Waals surface area contributed by atoms with Crippen LogP contribution < -0.4 is 14.2 Å². The maximum atomic E-state index is 13.4. The molecule has 4 rings (SSSR count). The van der Waals surface area contributed by atoms with Gasteiger partial charge in [0, 0.05) is 12.1 Å². The van der Waals surface area contributed by atoms with Crippen LogP contribution in [0.25, 0.3) is 5.76 Å². The molecule has 1 atom stereocenters. The van der Waals surface area contributed by atoms with Crippen molar-refractivity contribution in [3.05, 3.63) is 95.1 Å². The number of ketones is 1. The van der Waals surface area contributed by atoms with Gasteiger partial charge in [0.05, 0.1) is 30.9 Å². The van der Waals surface area contributed by atoms with E-state index in [1.807, 2.05) is 64.1 Å². The van der Waals surface area contributed by atoms with Gasteiger partial charge in [0.2, 0.25) is 0 Å². The Bertz CT molecular complexity index is 1340. The maximum Gasteiger partial charge on any atom is 0.295 e. The Morgan fingerprint density at radius 3 is 2.05 bits per heavy atom. The zero-order chi connectivity index (χ0) is 27.4. The Morgan fingerprint density at radius 2 is 1.45 bits per heavy atom. The number of aliphatic hydroxyl groups excluding tert-OH is 1. The lowest BCUT2D eigenvalue weighted by Crippen LogP contribution is -2.29. The highest BCUT2D eigenvalue weighted by Crippen LogP contribution is 2.41. The van der Waals surface area contributed by atoms with Crippen molar-refractivity contribution in [2.45, 2.75) is 52.5 Å². The number of hydrogen-bond acceptors (Lipinski definition) is 6. The molecule has 0 radical (unpaired) electrons. The molecule has 1 saturated heterocycles. The molecule has 7 nitrogen and oxygen atoms in total. The van der Waals surface area contributed by atoms with Crippen LogP contribution in [0.4, 0.5) is 0 Å². The van der Waals surface area contributed by atoms with Crippen molar-refractivity contribution < 1.29 is 28.9 Å². The summed E-state index contributed by atoms with van der Waals surface area (Å²) in [6.45, 7) is 7.83. The largest absolute Gasteiger partial charge is 0.507 e. The Morgan fingerprint density at radius 1 is 0.842 bits per heavy atom. The van der Waals surface area contributed by atoms with Crippen molar-refractivity contribution in [3.63, 3.8) is 0 Å². The fraction of sp³-hybridized carbons (Fsp3) is 0.290. The second-order valence-corrected chi connectivity index (χ2v) is 9.71. The third kappa shape index (κ3) is 5.83. The third-order valence-corrected chi connectivity index (χ3v) is 6.08. The van der Waals surface area contributed by atoms with E-state index in [-0.39, 0.29) is 30.1 Å². The number of methoxy groups -OCH3 is 1. The zero-order valence-electron chi connectivity index (χ0n) is 22.3. The normalized spacial score (nSPS) is 16.8. The first-order chi connectivity index (χ1) is 18.2. The van der Waals surface area contributed by atoms with E-state index in [0.29, 0.717) is 28.4 Å². The van der Waals surface area contributed by atoms with Crippen molar-refractivity contribution in [3.8, 4) is 17.2 Å². The Hall–Kier alpha value is -4.26. The fourth-order valence-electron chi connectivity index (χ4n) is 4.49. The first-order valence-corrected chi connectivity index (χ1v) is 12.6. The minimum absolute atomic E-state index is 0.0203. The number of likely N-dealkylation sites (tertiary alicyclic amines) is 1. The van der Waals surface area contributed by atoms with Crippen LogP contribution in [0.5, 0.6) is 17.2 Å². The molecule has 0 saturated carbocycles. The molecule has 0 bridgehead atoms. The van der Waals surface area contributed by atoms with Gasteiger partial charge in [0.15, 0.2) is 0 Å².